The Hall–Kier alpha value is -2.17. The molecule has 0 spiro atoms. The largest absolute Gasteiger partial charge is 0.444 e. The van der Waals surface area contributed by atoms with E-state index in [1.807, 2.05) is 20.8 Å². The number of amides is 2. The molecule has 0 aromatic heterocycles. The zero-order chi connectivity index (χ0) is 24.3. The van der Waals surface area contributed by atoms with Crippen LogP contribution in [-0.2, 0) is 9.53 Å². The fourth-order valence-corrected chi connectivity index (χ4v) is 4.53. The van der Waals surface area contributed by atoms with Gasteiger partial charge in [-0.05, 0) is 69.9 Å². The van der Waals surface area contributed by atoms with Gasteiger partial charge in [0.1, 0.15) is 11.4 Å². The fourth-order valence-electron chi connectivity index (χ4n) is 3.95. The molecule has 2 aliphatic heterocycles. The number of carbonyl (C=O) groups is 2. The summed E-state index contributed by atoms with van der Waals surface area (Å²) < 4.78 is 18.8. The van der Waals surface area contributed by atoms with Crippen LogP contribution in [0.3, 0.4) is 0 Å². The predicted molar refractivity (Wildman–Crippen MR) is 126 cm³/mol. The smallest absolute Gasteiger partial charge is 0.410 e. The number of aliphatic hydroxyl groups excluding tert-OH is 1. The van der Waals surface area contributed by atoms with Crippen LogP contribution in [0.15, 0.2) is 18.2 Å². The van der Waals surface area contributed by atoms with E-state index >= 15 is 0 Å². The highest BCUT2D eigenvalue weighted by Gasteiger charge is 2.36. The number of likely N-dealkylation sites (tertiary alicyclic amines) is 1. The first-order valence-corrected chi connectivity index (χ1v) is 11.7. The number of hydrogen-bond donors (Lipinski definition) is 3. The number of hydrogen-bond acceptors (Lipinski definition) is 5. The van der Waals surface area contributed by atoms with Crippen molar-refractivity contribution in [3.05, 3.63) is 34.6 Å². The number of hydrazine groups is 1. The van der Waals surface area contributed by atoms with Gasteiger partial charge in [0.15, 0.2) is 5.11 Å². The molecule has 0 saturated carbocycles. The number of thiocarbonyl (C=S) groups is 1. The first kappa shape index (κ1) is 25.5. The van der Waals surface area contributed by atoms with E-state index in [0.29, 0.717) is 31.5 Å². The van der Waals surface area contributed by atoms with Crippen molar-refractivity contribution in [1.82, 2.24) is 20.7 Å². The number of benzene rings is 1. The molecule has 33 heavy (non-hydrogen) atoms. The highest BCUT2D eigenvalue weighted by atomic mass is 35.5. The molecule has 3 rings (SSSR count). The minimum absolute atomic E-state index is 0.0239. The van der Waals surface area contributed by atoms with Crippen molar-refractivity contribution >= 4 is 40.9 Å². The fraction of sp³-hybridized carbons (Fsp3) is 0.591. The van der Waals surface area contributed by atoms with E-state index in [2.05, 4.69) is 10.7 Å². The van der Waals surface area contributed by atoms with Gasteiger partial charge in [-0.25, -0.2) is 9.18 Å². The summed E-state index contributed by atoms with van der Waals surface area (Å²) in [7, 11) is 0. The Morgan fingerprint density at radius 3 is 2.58 bits per heavy atom. The number of β-amino-alcohol motifs (C(OH)–C–C–N with tert-alkyl or cyclic N) is 1. The molecule has 1 aromatic carbocycles. The summed E-state index contributed by atoms with van der Waals surface area (Å²) >= 11 is 11.5. The third-order valence-corrected chi connectivity index (χ3v) is 6.06. The second-order valence-electron chi connectivity index (χ2n) is 9.38. The summed E-state index contributed by atoms with van der Waals surface area (Å²) in [5, 5.41) is 15.1. The molecular formula is C22H30ClFN4O4S. The highest BCUT2D eigenvalue weighted by Crippen LogP contribution is 2.33. The van der Waals surface area contributed by atoms with E-state index in [9.17, 15) is 19.1 Å². The molecule has 0 unspecified atom stereocenters. The number of nitrogens with one attached hydrogen (secondary N) is 2. The Kier molecular flexibility index (Phi) is 8.02. The Morgan fingerprint density at radius 2 is 1.97 bits per heavy atom. The van der Waals surface area contributed by atoms with Crippen molar-refractivity contribution in [2.24, 2.45) is 0 Å². The van der Waals surface area contributed by atoms with Gasteiger partial charge in [0.05, 0.1) is 18.6 Å². The highest BCUT2D eigenvalue weighted by molar-refractivity contribution is 7.80. The molecule has 2 aliphatic rings. The average molecular weight is 501 g/mol. The summed E-state index contributed by atoms with van der Waals surface area (Å²) in [4.78, 5) is 26.9. The Labute approximate surface area is 203 Å². The zero-order valence-corrected chi connectivity index (χ0v) is 20.5. The van der Waals surface area contributed by atoms with Crippen LogP contribution in [0.2, 0.25) is 5.02 Å². The number of halogens is 2. The van der Waals surface area contributed by atoms with E-state index in [4.69, 9.17) is 28.6 Å². The van der Waals surface area contributed by atoms with Crippen LogP contribution >= 0.6 is 23.8 Å². The lowest BCUT2D eigenvalue weighted by Crippen LogP contribution is -2.58. The molecule has 2 heterocycles. The van der Waals surface area contributed by atoms with Crippen molar-refractivity contribution in [2.45, 2.75) is 63.7 Å². The molecule has 0 bridgehead atoms. The number of nitrogens with zero attached hydrogens (tertiary/aromatic N) is 2. The summed E-state index contributed by atoms with van der Waals surface area (Å²) in [6, 6.07) is 3.88. The van der Waals surface area contributed by atoms with Crippen LogP contribution in [0.4, 0.5) is 9.18 Å². The van der Waals surface area contributed by atoms with Crippen molar-refractivity contribution in [2.75, 3.05) is 19.6 Å². The van der Waals surface area contributed by atoms with Gasteiger partial charge in [0.2, 0.25) is 5.91 Å². The van der Waals surface area contributed by atoms with Gasteiger partial charge in [0.25, 0.3) is 0 Å². The van der Waals surface area contributed by atoms with Gasteiger partial charge in [-0.15, -0.1) is 0 Å². The maximum absolute atomic E-state index is 13.4. The summed E-state index contributed by atoms with van der Waals surface area (Å²) in [5.74, 6) is -1.52. The number of ether oxygens (including phenoxy) is 1. The van der Waals surface area contributed by atoms with Crippen LogP contribution < -0.4 is 10.7 Å². The number of rotatable bonds is 3. The lowest BCUT2D eigenvalue weighted by atomic mass is 9.89. The van der Waals surface area contributed by atoms with Gasteiger partial charge >= 0.3 is 6.09 Å². The van der Waals surface area contributed by atoms with Crippen molar-refractivity contribution in [3.8, 4) is 0 Å². The quantitative estimate of drug-likeness (QED) is 0.549. The molecule has 0 radical (unpaired) electrons. The summed E-state index contributed by atoms with van der Waals surface area (Å²) in [6.07, 6.45) is 0.406. The van der Waals surface area contributed by atoms with Crippen LogP contribution in [0.1, 0.15) is 51.5 Å². The molecular weight excluding hydrogens is 471 g/mol. The lowest BCUT2D eigenvalue weighted by molar-refractivity contribution is -0.141. The van der Waals surface area contributed by atoms with Crippen LogP contribution in [0, 0.1) is 5.82 Å². The lowest BCUT2D eigenvalue weighted by Gasteiger charge is -2.37. The van der Waals surface area contributed by atoms with Gasteiger partial charge in [-0.2, -0.15) is 0 Å². The van der Waals surface area contributed by atoms with E-state index in [1.54, 1.807) is 4.90 Å². The Balaban J connectivity index is 1.53. The van der Waals surface area contributed by atoms with Gasteiger partial charge < -0.3 is 20.1 Å². The minimum atomic E-state index is -0.791. The van der Waals surface area contributed by atoms with E-state index < -0.39 is 23.4 Å². The predicted octanol–water partition coefficient (Wildman–Crippen LogP) is 2.93. The third-order valence-electron chi connectivity index (χ3n) is 5.52. The molecule has 2 amide bonds. The second kappa shape index (κ2) is 10.4. The van der Waals surface area contributed by atoms with Gasteiger partial charge in [0, 0.05) is 24.2 Å². The average Bonchev–Trinajstić information content (AvgIpc) is 2.70. The van der Waals surface area contributed by atoms with Gasteiger partial charge in [-0.1, -0.05) is 17.7 Å². The second-order valence-corrected chi connectivity index (χ2v) is 10.2. The van der Waals surface area contributed by atoms with E-state index in [0.717, 1.165) is 6.07 Å². The maximum atomic E-state index is 13.4. The molecule has 1 aromatic rings. The molecule has 2 atom stereocenters. The number of aliphatic hydroxyl groups is 1. The first-order valence-electron chi connectivity index (χ1n) is 10.9. The first-order chi connectivity index (χ1) is 15.4. The standard InChI is InChI=1S/C22H30ClFN4O4S/c1-22(2,3)32-21(31)27-8-6-14(7-9-27)25-20(33)26-28-12-15(29)11-17(19(28)30)16-5-4-13(24)10-18(16)23/h4-5,10,14-15,17,29H,6-9,11-12H2,1-3H3,(H2,25,26,33)/t15-,17-/m1/s1. The van der Waals surface area contributed by atoms with Crippen LogP contribution in [-0.4, -0.2) is 69.5 Å². The Bertz CT molecular complexity index is 905. The summed E-state index contributed by atoms with van der Waals surface area (Å²) in [5.41, 5.74) is 2.78. The normalized spacial score (nSPS) is 22.2. The maximum Gasteiger partial charge on any atom is 0.410 e. The van der Waals surface area contributed by atoms with Crippen LogP contribution in [0.25, 0.3) is 0 Å². The zero-order valence-electron chi connectivity index (χ0n) is 18.9. The van der Waals surface area contributed by atoms with Crippen LogP contribution in [0.5, 0.6) is 0 Å². The minimum Gasteiger partial charge on any atom is -0.444 e. The molecule has 2 fully saturated rings. The molecule has 8 nitrogen and oxygen atoms in total. The van der Waals surface area contributed by atoms with Crippen molar-refractivity contribution in [3.63, 3.8) is 0 Å². The third kappa shape index (κ3) is 6.91. The molecule has 0 aliphatic carbocycles. The molecule has 3 N–H and O–H groups in total. The van der Waals surface area contributed by atoms with Crippen molar-refractivity contribution in [1.29, 1.82) is 0 Å². The van der Waals surface area contributed by atoms with E-state index in [1.165, 1.54) is 17.1 Å². The SMILES string of the molecule is CC(C)(C)OC(=O)N1CCC(NC(=S)NN2C[C@H](O)C[C@H](c3ccc(F)cc3Cl)C2=O)CC1. The molecule has 2 saturated heterocycles. The topological polar surface area (TPSA) is 94.1 Å². The number of carbonyl (C=O) groups excluding carboxylic acids is 2. The Morgan fingerprint density at radius 1 is 1.30 bits per heavy atom. The summed E-state index contributed by atoms with van der Waals surface area (Å²) in [6.45, 7) is 6.61. The molecule has 182 valence electrons. The van der Waals surface area contributed by atoms with Gasteiger partial charge in [-0.3, -0.25) is 15.2 Å². The van der Waals surface area contributed by atoms with Crippen molar-refractivity contribution < 1.29 is 23.8 Å². The number of piperidine rings is 2. The monoisotopic (exact) mass is 500 g/mol. The molecule has 11 heteroatoms. The van der Waals surface area contributed by atoms with E-state index in [-0.39, 0.29) is 41.1 Å².